The maximum absolute atomic E-state index is 5.14. The van der Waals surface area contributed by atoms with Crippen molar-refractivity contribution in [3.8, 4) is 0 Å². The van der Waals surface area contributed by atoms with Crippen LogP contribution in [-0.2, 0) is 4.74 Å². The van der Waals surface area contributed by atoms with Gasteiger partial charge >= 0.3 is 0 Å². The first kappa shape index (κ1) is 12.0. The second-order valence-corrected chi connectivity index (χ2v) is 3.23. The van der Waals surface area contributed by atoms with Crippen molar-refractivity contribution < 1.29 is 4.74 Å². The largest absolute Gasteiger partial charge is 0.376 e. The van der Waals surface area contributed by atoms with Crippen LogP contribution in [-0.4, -0.2) is 6.61 Å². The highest BCUT2D eigenvalue weighted by Gasteiger charge is 1.90. The molecule has 0 rings (SSSR count). The second kappa shape index (κ2) is 11.0. The van der Waals surface area contributed by atoms with E-state index in [1.807, 2.05) is 6.92 Å². The van der Waals surface area contributed by atoms with E-state index in [1.165, 1.54) is 44.9 Å². The molecule has 0 aromatic carbocycles. The SMILES string of the molecule is C[CH]OCCCCCCCCC. The van der Waals surface area contributed by atoms with Gasteiger partial charge in [0, 0.05) is 6.61 Å². The number of hydrogen-bond donors (Lipinski definition) is 0. The van der Waals surface area contributed by atoms with Crippen LogP contribution in [0.4, 0.5) is 0 Å². The van der Waals surface area contributed by atoms with Crippen LogP contribution in [0, 0.1) is 6.61 Å². The van der Waals surface area contributed by atoms with Crippen molar-refractivity contribution in [3.63, 3.8) is 0 Å². The summed E-state index contributed by atoms with van der Waals surface area (Å²) in [6, 6.07) is 0. The third-order valence-corrected chi connectivity index (χ3v) is 2.03. The Kier molecular flexibility index (Phi) is 10.9. The molecule has 0 atom stereocenters. The Morgan fingerprint density at radius 1 is 0.917 bits per heavy atom. The third kappa shape index (κ3) is 9.96. The van der Waals surface area contributed by atoms with Gasteiger partial charge in [0.2, 0.25) is 0 Å². The fraction of sp³-hybridized carbons (Fsp3) is 0.909. The summed E-state index contributed by atoms with van der Waals surface area (Å²) in [5.41, 5.74) is 0. The number of unbranched alkanes of at least 4 members (excludes halogenated alkanes) is 6. The molecular weight excluding hydrogens is 148 g/mol. The zero-order valence-corrected chi connectivity index (χ0v) is 8.64. The van der Waals surface area contributed by atoms with E-state index in [1.54, 1.807) is 6.61 Å². The van der Waals surface area contributed by atoms with E-state index in [9.17, 15) is 0 Å². The summed E-state index contributed by atoms with van der Waals surface area (Å²) in [5, 5.41) is 0. The van der Waals surface area contributed by atoms with E-state index < -0.39 is 0 Å². The average molecular weight is 171 g/mol. The standard InChI is InChI=1S/C11H23O/c1-3-5-6-7-8-9-10-11-12-4-2/h4H,3,5-11H2,1-2H3. The summed E-state index contributed by atoms with van der Waals surface area (Å²) < 4.78 is 5.14. The topological polar surface area (TPSA) is 9.23 Å². The van der Waals surface area contributed by atoms with Crippen LogP contribution < -0.4 is 0 Å². The lowest BCUT2D eigenvalue weighted by Crippen LogP contribution is -1.89. The van der Waals surface area contributed by atoms with Crippen molar-refractivity contribution in [3.05, 3.63) is 6.61 Å². The number of ether oxygens (including phenoxy) is 1. The minimum absolute atomic E-state index is 0.907. The molecule has 0 N–H and O–H groups in total. The zero-order chi connectivity index (χ0) is 9.07. The Balaban J connectivity index is 2.73. The molecule has 1 nitrogen and oxygen atoms in total. The average Bonchev–Trinajstić information content (AvgIpc) is 2.10. The van der Waals surface area contributed by atoms with Gasteiger partial charge in [-0.05, 0) is 13.3 Å². The molecule has 1 radical (unpaired) electrons. The summed E-state index contributed by atoms with van der Waals surface area (Å²) in [7, 11) is 0. The first-order valence-corrected chi connectivity index (χ1v) is 5.31. The third-order valence-electron chi connectivity index (χ3n) is 2.03. The van der Waals surface area contributed by atoms with E-state index in [4.69, 9.17) is 4.74 Å². The quantitative estimate of drug-likeness (QED) is 0.477. The van der Waals surface area contributed by atoms with Crippen molar-refractivity contribution in [2.75, 3.05) is 6.61 Å². The molecule has 0 unspecified atom stereocenters. The van der Waals surface area contributed by atoms with E-state index >= 15 is 0 Å². The van der Waals surface area contributed by atoms with Gasteiger partial charge < -0.3 is 4.74 Å². The molecule has 0 saturated heterocycles. The van der Waals surface area contributed by atoms with E-state index in [0.29, 0.717) is 0 Å². The molecule has 1 heteroatoms. The lowest BCUT2D eigenvalue weighted by Gasteiger charge is -2.00. The highest BCUT2D eigenvalue weighted by molar-refractivity contribution is 4.45. The van der Waals surface area contributed by atoms with Gasteiger partial charge in [-0.1, -0.05) is 45.4 Å². The van der Waals surface area contributed by atoms with Gasteiger partial charge in [-0.25, -0.2) is 0 Å². The molecule has 0 fully saturated rings. The lowest BCUT2D eigenvalue weighted by molar-refractivity contribution is 0.197. The Labute approximate surface area is 77.5 Å². The van der Waals surface area contributed by atoms with Crippen LogP contribution in [0.1, 0.15) is 58.8 Å². The summed E-state index contributed by atoms with van der Waals surface area (Å²) >= 11 is 0. The van der Waals surface area contributed by atoms with Gasteiger partial charge in [0.1, 0.15) is 0 Å². The molecule has 0 heterocycles. The van der Waals surface area contributed by atoms with Crippen LogP contribution in [0.5, 0.6) is 0 Å². The van der Waals surface area contributed by atoms with Gasteiger partial charge in [-0.2, -0.15) is 0 Å². The minimum atomic E-state index is 0.907. The van der Waals surface area contributed by atoms with Crippen LogP contribution >= 0.6 is 0 Å². The monoisotopic (exact) mass is 171 g/mol. The predicted octanol–water partition coefficient (Wildman–Crippen LogP) is 3.94. The molecule has 0 bridgehead atoms. The zero-order valence-electron chi connectivity index (χ0n) is 8.64. The highest BCUT2D eigenvalue weighted by Crippen LogP contribution is 2.06. The van der Waals surface area contributed by atoms with Crippen molar-refractivity contribution >= 4 is 0 Å². The Morgan fingerprint density at radius 2 is 1.50 bits per heavy atom. The molecule has 73 valence electrons. The Bertz CT molecular complexity index is 61.4. The van der Waals surface area contributed by atoms with Gasteiger partial charge in [0.25, 0.3) is 0 Å². The summed E-state index contributed by atoms with van der Waals surface area (Å²) in [5.74, 6) is 0. The molecular formula is C11H23O. The molecule has 0 aliphatic carbocycles. The van der Waals surface area contributed by atoms with Gasteiger partial charge in [-0.3, -0.25) is 0 Å². The van der Waals surface area contributed by atoms with Crippen molar-refractivity contribution in [1.82, 2.24) is 0 Å². The van der Waals surface area contributed by atoms with Crippen molar-refractivity contribution in [2.24, 2.45) is 0 Å². The van der Waals surface area contributed by atoms with Crippen LogP contribution in [0.3, 0.4) is 0 Å². The summed E-state index contributed by atoms with van der Waals surface area (Å²) in [4.78, 5) is 0. The smallest absolute Gasteiger partial charge is 0.0805 e. The number of rotatable bonds is 9. The molecule has 0 amide bonds. The van der Waals surface area contributed by atoms with E-state index in [-0.39, 0.29) is 0 Å². The normalized spacial score (nSPS) is 10.5. The van der Waals surface area contributed by atoms with Crippen LogP contribution in [0.25, 0.3) is 0 Å². The molecule has 0 aromatic rings. The fourth-order valence-electron chi connectivity index (χ4n) is 1.26. The summed E-state index contributed by atoms with van der Waals surface area (Å²) in [6.45, 7) is 6.87. The Hall–Kier alpha value is -0.0400. The molecule has 0 aromatic heterocycles. The molecule has 0 saturated carbocycles. The lowest BCUT2D eigenvalue weighted by atomic mass is 10.1. The van der Waals surface area contributed by atoms with Gasteiger partial charge in [0.15, 0.2) is 0 Å². The first-order chi connectivity index (χ1) is 5.91. The van der Waals surface area contributed by atoms with Gasteiger partial charge in [-0.15, -0.1) is 0 Å². The summed E-state index contributed by atoms with van der Waals surface area (Å²) in [6.07, 6.45) is 9.50. The molecule has 0 spiro atoms. The minimum Gasteiger partial charge on any atom is -0.376 e. The number of hydrogen-bond acceptors (Lipinski definition) is 1. The first-order valence-electron chi connectivity index (χ1n) is 5.31. The Morgan fingerprint density at radius 3 is 2.08 bits per heavy atom. The maximum Gasteiger partial charge on any atom is 0.0805 e. The van der Waals surface area contributed by atoms with Gasteiger partial charge in [0.05, 0.1) is 6.61 Å². The maximum atomic E-state index is 5.14. The van der Waals surface area contributed by atoms with E-state index in [0.717, 1.165) is 6.61 Å². The van der Waals surface area contributed by atoms with Crippen molar-refractivity contribution in [2.45, 2.75) is 58.8 Å². The van der Waals surface area contributed by atoms with E-state index in [2.05, 4.69) is 6.92 Å². The highest BCUT2D eigenvalue weighted by atomic mass is 16.5. The van der Waals surface area contributed by atoms with Crippen LogP contribution in [0.2, 0.25) is 0 Å². The van der Waals surface area contributed by atoms with Crippen LogP contribution in [0.15, 0.2) is 0 Å². The fourth-order valence-corrected chi connectivity index (χ4v) is 1.26. The molecule has 0 aliphatic heterocycles. The molecule has 0 aliphatic rings. The van der Waals surface area contributed by atoms with Crippen molar-refractivity contribution in [1.29, 1.82) is 0 Å². The second-order valence-electron chi connectivity index (χ2n) is 3.23. The predicted molar refractivity (Wildman–Crippen MR) is 53.9 cm³/mol. The molecule has 12 heavy (non-hydrogen) atoms.